The number of likely N-dealkylation sites (tertiary alicyclic amines) is 1. The van der Waals surface area contributed by atoms with Crippen molar-refractivity contribution in [3.8, 4) is 0 Å². The summed E-state index contributed by atoms with van der Waals surface area (Å²) in [6.45, 7) is 1.14. The first-order valence-corrected chi connectivity index (χ1v) is 7.81. The summed E-state index contributed by atoms with van der Waals surface area (Å²) in [5.74, 6) is -4.99. The Morgan fingerprint density at radius 1 is 1.44 bits per heavy atom. The lowest BCUT2D eigenvalue weighted by atomic mass is 9.97. The van der Waals surface area contributed by atoms with Crippen LogP contribution in [-0.2, 0) is 4.79 Å². The number of oxime groups is 1. The standard InChI is InChI=1S/C15H16F2N4O6/c1-7-10(16)5-9(11(17)12(7)21(26)27)13(19-25)18-14(22)8-3-2-4-20(6-8)15(23)24/h5,8,25H,2-4,6H2,1H3,(H,23,24)(H,18,19,22)/t8-/m0/s1. The van der Waals surface area contributed by atoms with Crippen molar-refractivity contribution in [2.24, 2.45) is 11.1 Å². The molecule has 1 atom stereocenters. The predicted molar refractivity (Wildman–Crippen MR) is 86.5 cm³/mol. The van der Waals surface area contributed by atoms with Gasteiger partial charge in [-0.1, -0.05) is 5.16 Å². The number of benzene rings is 1. The van der Waals surface area contributed by atoms with Gasteiger partial charge >= 0.3 is 11.8 Å². The van der Waals surface area contributed by atoms with E-state index in [2.05, 4.69) is 10.5 Å². The number of nitrogens with zero attached hydrogens (tertiary/aromatic N) is 3. The molecule has 0 aliphatic carbocycles. The Morgan fingerprint density at radius 3 is 2.67 bits per heavy atom. The summed E-state index contributed by atoms with van der Waals surface area (Å²) in [7, 11) is 0. The summed E-state index contributed by atoms with van der Waals surface area (Å²) in [6, 6.07) is 0.567. The molecule has 0 radical (unpaired) electrons. The van der Waals surface area contributed by atoms with Gasteiger partial charge in [0, 0.05) is 13.1 Å². The molecule has 1 aliphatic rings. The minimum absolute atomic E-state index is 0.120. The van der Waals surface area contributed by atoms with Crippen LogP contribution in [0.2, 0.25) is 0 Å². The molecule has 2 rings (SSSR count). The first-order chi connectivity index (χ1) is 12.7. The Bertz CT molecular complexity index is 829. The monoisotopic (exact) mass is 386 g/mol. The third kappa shape index (κ3) is 4.10. The van der Waals surface area contributed by atoms with Crippen molar-refractivity contribution in [1.82, 2.24) is 10.2 Å². The van der Waals surface area contributed by atoms with Gasteiger partial charge in [-0.05, 0) is 25.8 Å². The van der Waals surface area contributed by atoms with Gasteiger partial charge in [0.1, 0.15) is 5.82 Å². The third-order valence-electron chi connectivity index (χ3n) is 4.27. The summed E-state index contributed by atoms with van der Waals surface area (Å²) in [5.41, 5.74) is -2.49. The second kappa shape index (κ2) is 7.93. The molecule has 1 heterocycles. The van der Waals surface area contributed by atoms with Gasteiger partial charge in [-0.25, -0.2) is 9.18 Å². The number of piperidine rings is 1. The molecule has 1 aromatic rings. The number of carboxylic acid groups (broad SMARTS) is 1. The van der Waals surface area contributed by atoms with Crippen LogP contribution in [0.15, 0.2) is 11.2 Å². The number of hydrogen-bond acceptors (Lipinski definition) is 6. The highest BCUT2D eigenvalue weighted by Crippen LogP contribution is 2.28. The average molecular weight is 386 g/mol. The van der Waals surface area contributed by atoms with E-state index in [-0.39, 0.29) is 13.1 Å². The highest BCUT2D eigenvalue weighted by atomic mass is 19.1. The number of halogens is 2. The number of nitro groups is 1. The maximum atomic E-state index is 14.4. The van der Waals surface area contributed by atoms with Crippen molar-refractivity contribution in [2.75, 3.05) is 13.1 Å². The van der Waals surface area contributed by atoms with Gasteiger partial charge in [-0.3, -0.25) is 14.9 Å². The maximum absolute atomic E-state index is 14.4. The van der Waals surface area contributed by atoms with E-state index < -0.39 is 57.1 Å². The van der Waals surface area contributed by atoms with E-state index in [1.165, 1.54) is 0 Å². The minimum atomic E-state index is -1.47. The van der Waals surface area contributed by atoms with E-state index in [4.69, 9.17) is 10.3 Å². The number of rotatable bonds is 3. The van der Waals surface area contributed by atoms with Gasteiger partial charge in [0.05, 0.1) is 22.0 Å². The van der Waals surface area contributed by atoms with Gasteiger partial charge in [0.2, 0.25) is 11.7 Å². The molecule has 27 heavy (non-hydrogen) atoms. The summed E-state index contributed by atoms with van der Waals surface area (Å²) < 4.78 is 28.3. The van der Waals surface area contributed by atoms with Crippen molar-refractivity contribution in [3.05, 3.63) is 38.9 Å². The fraction of sp³-hybridized carbons (Fsp3) is 0.400. The molecule has 0 unspecified atom stereocenters. The van der Waals surface area contributed by atoms with Gasteiger partial charge in [-0.15, -0.1) is 0 Å². The van der Waals surface area contributed by atoms with Crippen LogP contribution in [0.5, 0.6) is 0 Å². The molecule has 1 aliphatic heterocycles. The third-order valence-corrected chi connectivity index (χ3v) is 4.27. The summed E-state index contributed by atoms with van der Waals surface area (Å²) in [5, 5.41) is 33.8. The van der Waals surface area contributed by atoms with E-state index in [0.717, 1.165) is 11.8 Å². The highest BCUT2D eigenvalue weighted by Gasteiger charge is 2.32. The molecule has 12 heteroatoms. The van der Waals surface area contributed by atoms with Crippen LogP contribution in [0.25, 0.3) is 0 Å². The van der Waals surface area contributed by atoms with Gasteiger partial charge < -0.3 is 20.5 Å². The lowest BCUT2D eigenvalue weighted by Gasteiger charge is -2.29. The fourth-order valence-electron chi connectivity index (χ4n) is 2.82. The zero-order chi connectivity index (χ0) is 20.3. The molecule has 0 spiro atoms. The van der Waals surface area contributed by atoms with Gasteiger partial charge in [0.15, 0.2) is 5.84 Å². The quantitative estimate of drug-likeness (QED) is 0.237. The van der Waals surface area contributed by atoms with Crippen molar-refractivity contribution in [2.45, 2.75) is 19.8 Å². The van der Waals surface area contributed by atoms with E-state index in [1.807, 2.05) is 0 Å². The summed E-state index contributed by atoms with van der Waals surface area (Å²) in [4.78, 5) is 34.2. The Morgan fingerprint density at radius 2 is 2.11 bits per heavy atom. The van der Waals surface area contributed by atoms with Crippen molar-refractivity contribution >= 4 is 23.5 Å². The van der Waals surface area contributed by atoms with Crippen LogP contribution in [0.4, 0.5) is 19.3 Å². The predicted octanol–water partition coefficient (Wildman–Crippen LogP) is 1.82. The molecule has 1 fully saturated rings. The number of amidine groups is 1. The smallest absolute Gasteiger partial charge is 0.407 e. The molecular weight excluding hydrogens is 370 g/mol. The second-order valence-electron chi connectivity index (χ2n) is 5.96. The summed E-state index contributed by atoms with van der Waals surface area (Å²) >= 11 is 0. The largest absolute Gasteiger partial charge is 0.465 e. The molecular formula is C15H16F2N4O6. The van der Waals surface area contributed by atoms with Crippen LogP contribution in [-0.4, -0.2) is 51.1 Å². The number of carbonyl (C=O) groups excluding carboxylic acids is 1. The van der Waals surface area contributed by atoms with E-state index >= 15 is 0 Å². The highest BCUT2D eigenvalue weighted by molar-refractivity contribution is 6.08. The van der Waals surface area contributed by atoms with E-state index in [9.17, 15) is 28.5 Å². The molecule has 1 aromatic carbocycles. The van der Waals surface area contributed by atoms with Crippen molar-refractivity contribution in [3.63, 3.8) is 0 Å². The summed E-state index contributed by atoms with van der Waals surface area (Å²) in [6.07, 6.45) is -0.459. The molecule has 0 bridgehead atoms. The molecule has 1 saturated heterocycles. The molecule has 0 aromatic heterocycles. The van der Waals surface area contributed by atoms with Crippen LogP contribution < -0.4 is 5.32 Å². The van der Waals surface area contributed by atoms with Gasteiger partial charge in [0.25, 0.3) is 0 Å². The minimum Gasteiger partial charge on any atom is -0.465 e. The molecule has 146 valence electrons. The zero-order valence-electron chi connectivity index (χ0n) is 14.1. The average Bonchev–Trinajstić information content (AvgIpc) is 2.62. The first kappa shape index (κ1) is 20.0. The Balaban J connectivity index is 2.29. The second-order valence-corrected chi connectivity index (χ2v) is 5.96. The number of amides is 2. The SMILES string of the molecule is Cc1c(F)cc(/C(=N/O)NC(=O)[C@H]2CCCN(C(=O)O)C2)c(F)c1[N+](=O)[O-]. The number of nitro benzene ring substituents is 1. The first-order valence-electron chi connectivity index (χ1n) is 7.81. The normalized spacial score (nSPS) is 17.5. The topological polar surface area (TPSA) is 145 Å². The van der Waals surface area contributed by atoms with Gasteiger partial charge in [-0.2, -0.15) is 4.39 Å². The Hall–Kier alpha value is -3.31. The maximum Gasteiger partial charge on any atom is 0.407 e. The number of nitrogens with one attached hydrogen (secondary N) is 1. The molecule has 3 N–H and O–H groups in total. The Kier molecular flexibility index (Phi) is 5.88. The van der Waals surface area contributed by atoms with Crippen molar-refractivity contribution < 1.29 is 33.6 Å². The van der Waals surface area contributed by atoms with Crippen LogP contribution in [0.3, 0.4) is 0 Å². The van der Waals surface area contributed by atoms with E-state index in [0.29, 0.717) is 18.9 Å². The lowest BCUT2D eigenvalue weighted by Crippen LogP contribution is -2.46. The van der Waals surface area contributed by atoms with Crippen molar-refractivity contribution in [1.29, 1.82) is 0 Å². The van der Waals surface area contributed by atoms with Crippen LogP contribution in [0, 0.1) is 34.6 Å². The number of hydrogen-bond donors (Lipinski definition) is 3. The van der Waals surface area contributed by atoms with E-state index in [1.54, 1.807) is 0 Å². The lowest BCUT2D eigenvalue weighted by molar-refractivity contribution is -0.388. The van der Waals surface area contributed by atoms with Crippen LogP contribution >= 0.6 is 0 Å². The molecule has 2 amide bonds. The molecule has 10 nitrogen and oxygen atoms in total. The number of carbonyl (C=O) groups is 2. The molecule has 0 saturated carbocycles. The zero-order valence-corrected chi connectivity index (χ0v) is 14.1. The Labute approximate surface area is 151 Å². The fourth-order valence-corrected chi connectivity index (χ4v) is 2.82. The van der Waals surface area contributed by atoms with Crippen LogP contribution in [0.1, 0.15) is 24.0 Å².